The van der Waals surface area contributed by atoms with Crippen molar-refractivity contribution in [1.29, 1.82) is 0 Å². The van der Waals surface area contributed by atoms with Gasteiger partial charge in [-0.25, -0.2) is 4.79 Å². The zero-order valence-corrected chi connectivity index (χ0v) is 30.0. The van der Waals surface area contributed by atoms with E-state index in [0.29, 0.717) is 11.1 Å². The molecule has 9 N–H and O–H groups in total. The third-order valence-electron chi connectivity index (χ3n) is 8.13. The highest BCUT2D eigenvalue weighted by Crippen LogP contribution is 2.27. The van der Waals surface area contributed by atoms with Gasteiger partial charge in [0.25, 0.3) is 0 Å². The SMILES string of the molecule is CC(C)[C@H](NC(=O)CNC(=O)CCC(=O)O)C(=O)N[C@@H](C)C(=O)Nc1ccc(COC(=O)C(C)(C)C)c(CC[C@@H]2O[C@H](C(=O)O)[C@@H](O)[C@H](O)[C@H]2O)c1. The van der Waals surface area contributed by atoms with Crippen LogP contribution in [0.1, 0.15) is 71.9 Å². The van der Waals surface area contributed by atoms with E-state index in [1.165, 1.54) is 13.0 Å². The molecular weight excluding hydrogens is 688 g/mol. The number of carbonyl (C=O) groups excluding carboxylic acids is 5. The first-order valence-electron chi connectivity index (χ1n) is 16.7. The van der Waals surface area contributed by atoms with Gasteiger partial charge in [-0.15, -0.1) is 0 Å². The van der Waals surface area contributed by atoms with E-state index < -0.39 is 108 Å². The van der Waals surface area contributed by atoms with Crippen LogP contribution in [-0.2, 0) is 56.1 Å². The number of esters is 1. The fraction of sp³-hybridized carbons (Fsp3) is 0.618. The Morgan fingerprint density at radius 3 is 2.08 bits per heavy atom. The number of aliphatic carboxylic acids is 2. The standard InChI is InChI=1S/C34H50N4O14/c1-16(2)25(38-23(40)14-35-22(39)11-12-24(41)42)31(47)36-17(3)30(46)37-20-9-7-19(15-51-33(50)34(4,5)6)18(13-20)8-10-21-26(43)27(44)28(45)29(52-21)32(48)49/h7,9,13,16-17,21,25-29,43-45H,8,10-12,14-15H2,1-6H3,(H,35,39)(H,36,47)(H,37,46)(H,38,40)(H,41,42)(H,48,49)/t17-,21-,25-,26-,27+,28-,29-/m0/s1. The lowest BCUT2D eigenvalue weighted by atomic mass is 9.91. The summed E-state index contributed by atoms with van der Waals surface area (Å²) >= 11 is 0. The molecule has 1 aliphatic heterocycles. The third-order valence-corrected chi connectivity index (χ3v) is 8.13. The van der Waals surface area contributed by atoms with Crippen molar-refractivity contribution >= 4 is 47.2 Å². The minimum atomic E-state index is -1.85. The molecule has 0 radical (unpaired) electrons. The molecule has 290 valence electrons. The molecule has 0 aromatic heterocycles. The lowest BCUT2D eigenvalue weighted by Crippen LogP contribution is -2.59. The molecule has 2 rings (SSSR count). The number of aryl methyl sites for hydroxylation is 1. The monoisotopic (exact) mass is 738 g/mol. The number of amides is 4. The van der Waals surface area contributed by atoms with Gasteiger partial charge in [0, 0.05) is 12.1 Å². The maximum Gasteiger partial charge on any atom is 0.335 e. The summed E-state index contributed by atoms with van der Waals surface area (Å²) < 4.78 is 10.9. The molecule has 1 saturated heterocycles. The second-order valence-electron chi connectivity index (χ2n) is 13.9. The highest BCUT2D eigenvalue weighted by molar-refractivity contribution is 5.98. The van der Waals surface area contributed by atoms with Gasteiger partial charge >= 0.3 is 17.9 Å². The van der Waals surface area contributed by atoms with Gasteiger partial charge in [-0.3, -0.25) is 28.8 Å². The number of carbonyl (C=O) groups is 7. The summed E-state index contributed by atoms with van der Waals surface area (Å²) in [6.07, 6.45) is -8.89. The normalized spacial score (nSPS) is 21.3. The van der Waals surface area contributed by atoms with Gasteiger partial charge in [-0.2, -0.15) is 0 Å². The van der Waals surface area contributed by atoms with E-state index in [0.717, 1.165) is 0 Å². The molecule has 52 heavy (non-hydrogen) atoms. The first-order valence-corrected chi connectivity index (χ1v) is 16.7. The fourth-order valence-electron chi connectivity index (χ4n) is 4.99. The first-order chi connectivity index (χ1) is 24.1. The summed E-state index contributed by atoms with van der Waals surface area (Å²) in [6.45, 7) is 9.12. The molecule has 1 aliphatic rings. The topological polar surface area (TPSA) is 287 Å². The predicted molar refractivity (Wildman–Crippen MR) is 181 cm³/mol. The minimum Gasteiger partial charge on any atom is -0.481 e. The molecule has 1 heterocycles. The molecule has 0 saturated carbocycles. The third kappa shape index (κ3) is 13.2. The van der Waals surface area contributed by atoms with Crippen LogP contribution in [0.3, 0.4) is 0 Å². The summed E-state index contributed by atoms with van der Waals surface area (Å²) in [6, 6.07) is 2.49. The molecule has 4 amide bonds. The predicted octanol–water partition coefficient (Wildman–Crippen LogP) is -0.792. The number of ether oxygens (including phenoxy) is 2. The van der Waals surface area contributed by atoms with Gasteiger partial charge in [0.15, 0.2) is 6.10 Å². The molecule has 0 bridgehead atoms. The number of nitrogens with one attached hydrogen (secondary N) is 4. The first kappa shape index (κ1) is 43.5. The largest absolute Gasteiger partial charge is 0.481 e. The van der Waals surface area contributed by atoms with Crippen LogP contribution in [0.2, 0.25) is 0 Å². The van der Waals surface area contributed by atoms with Crippen LogP contribution in [0.5, 0.6) is 0 Å². The molecule has 18 heteroatoms. The number of carboxylic acids is 2. The Labute approximate surface area is 300 Å². The van der Waals surface area contributed by atoms with Gasteiger partial charge in [0.05, 0.1) is 24.5 Å². The second-order valence-corrected chi connectivity index (χ2v) is 13.9. The van der Waals surface area contributed by atoms with Crippen molar-refractivity contribution in [2.24, 2.45) is 11.3 Å². The van der Waals surface area contributed by atoms with E-state index in [2.05, 4.69) is 21.3 Å². The van der Waals surface area contributed by atoms with Gasteiger partial charge in [-0.1, -0.05) is 19.9 Å². The Balaban J connectivity index is 2.15. The minimum absolute atomic E-state index is 0.0346. The molecule has 7 atom stereocenters. The van der Waals surface area contributed by atoms with Crippen LogP contribution in [0.25, 0.3) is 0 Å². The Bertz CT molecular complexity index is 1480. The highest BCUT2D eigenvalue weighted by atomic mass is 16.6. The molecule has 0 spiro atoms. The number of anilines is 1. The smallest absolute Gasteiger partial charge is 0.335 e. The zero-order valence-electron chi connectivity index (χ0n) is 30.0. The molecule has 1 aromatic rings. The average Bonchev–Trinajstić information content (AvgIpc) is 3.05. The maximum atomic E-state index is 13.2. The van der Waals surface area contributed by atoms with Crippen LogP contribution >= 0.6 is 0 Å². The van der Waals surface area contributed by atoms with Crippen LogP contribution < -0.4 is 21.3 Å². The average molecular weight is 739 g/mol. The lowest BCUT2D eigenvalue weighted by molar-refractivity contribution is -0.228. The summed E-state index contributed by atoms with van der Waals surface area (Å²) in [5.41, 5.74) is 0.500. The summed E-state index contributed by atoms with van der Waals surface area (Å²) in [7, 11) is 0. The van der Waals surface area contributed by atoms with Crippen molar-refractivity contribution < 1.29 is 68.6 Å². The Morgan fingerprint density at radius 2 is 1.50 bits per heavy atom. The van der Waals surface area contributed by atoms with Crippen molar-refractivity contribution in [2.45, 2.75) is 116 Å². The maximum absolute atomic E-state index is 13.2. The van der Waals surface area contributed by atoms with E-state index in [-0.39, 0.29) is 31.6 Å². The molecule has 18 nitrogen and oxygen atoms in total. The second kappa shape index (κ2) is 19.3. The lowest BCUT2D eigenvalue weighted by Gasteiger charge is -2.39. The number of aliphatic hydroxyl groups excluding tert-OH is 3. The van der Waals surface area contributed by atoms with Crippen molar-refractivity contribution in [1.82, 2.24) is 16.0 Å². The number of rotatable bonds is 17. The highest BCUT2D eigenvalue weighted by Gasteiger charge is 2.46. The van der Waals surface area contributed by atoms with E-state index in [4.69, 9.17) is 14.6 Å². The van der Waals surface area contributed by atoms with E-state index in [1.54, 1.807) is 46.8 Å². The van der Waals surface area contributed by atoms with Crippen molar-refractivity contribution in [3.63, 3.8) is 0 Å². The molecule has 0 unspecified atom stereocenters. The summed E-state index contributed by atoms with van der Waals surface area (Å²) in [5, 5.41) is 58.8. The summed E-state index contributed by atoms with van der Waals surface area (Å²) in [4.78, 5) is 85.0. The van der Waals surface area contributed by atoms with E-state index >= 15 is 0 Å². The van der Waals surface area contributed by atoms with Gasteiger partial charge in [-0.05, 0) is 69.7 Å². The van der Waals surface area contributed by atoms with Crippen molar-refractivity contribution in [3.05, 3.63) is 29.3 Å². The van der Waals surface area contributed by atoms with E-state index in [9.17, 15) is 54.0 Å². The van der Waals surface area contributed by atoms with Crippen LogP contribution in [-0.4, -0.2) is 116 Å². The number of aliphatic hydroxyl groups is 3. The Hall–Kier alpha value is -4.65. The molecule has 1 aromatic carbocycles. The van der Waals surface area contributed by atoms with Crippen LogP contribution in [0.15, 0.2) is 18.2 Å². The van der Waals surface area contributed by atoms with Crippen LogP contribution in [0, 0.1) is 11.3 Å². The Kier molecular flexibility index (Phi) is 16.1. The molecule has 0 aliphatic carbocycles. The number of hydrogen-bond acceptors (Lipinski definition) is 12. The number of carboxylic acid groups (broad SMARTS) is 2. The van der Waals surface area contributed by atoms with Gasteiger partial charge in [0.2, 0.25) is 23.6 Å². The van der Waals surface area contributed by atoms with Crippen LogP contribution in [0.4, 0.5) is 5.69 Å². The Morgan fingerprint density at radius 1 is 0.846 bits per heavy atom. The fourth-order valence-corrected chi connectivity index (χ4v) is 4.99. The van der Waals surface area contributed by atoms with Gasteiger partial charge in [0.1, 0.15) is 37.0 Å². The molecule has 1 fully saturated rings. The van der Waals surface area contributed by atoms with Crippen molar-refractivity contribution in [3.8, 4) is 0 Å². The van der Waals surface area contributed by atoms with E-state index in [1.807, 2.05) is 0 Å². The van der Waals surface area contributed by atoms with Gasteiger partial charge < -0.3 is 56.3 Å². The number of hydrogen-bond donors (Lipinski definition) is 9. The molecular formula is C34H50N4O14. The summed E-state index contributed by atoms with van der Waals surface area (Å²) in [5.74, 6) is -6.28. The quantitative estimate of drug-likeness (QED) is 0.0886. The van der Waals surface area contributed by atoms with Crippen molar-refractivity contribution in [2.75, 3.05) is 11.9 Å². The number of benzene rings is 1. The zero-order chi connectivity index (χ0) is 39.5.